The van der Waals surface area contributed by atoms with E-state index in [1.807, 2.05) is 12.1 Å². The number of nitrogens with zero attached hydrogens (tertiary/aromatic N) is 4. The van der Waals surface area contributed by atoms with Gasteiger partial charge in [-0.1, -0.05) is 84.9 Å². The number of piperidine rings is 1. The summed E-state index contributed by atoms with van der Waals surface area (Å²) in [6.07, 6.45) is 2.19. The molecule has 2 amide bonds. The van der Waals surface area contributed by atoms with Gasteiger partial charge in [-0.15, -0.1) is 0 Å². The predicted molar refractivity (Wildman–Crippen MR) is 172 cm³/mol. The number of fused-ring (bicyclic) bond motifs is 3. The lowest BCUT2D eigenvalue weighted by atomic mass is 9.89. The minimum atomic E-state index is -0.273. The Kier molecular flexibility index (Phi) is 6.34. The predicted octanol–water partition coefficient (Wildman–Crippen LogP) is 8.28. The van der Waals surface area contributed by atoms with Crippen LogP contribution in [0.5, 0.6) is 0 Å². The molecule has 0 spiro atoms. The van der Waals surface area contributed by atoms with Gasteiger partial charge in [-0.25, -0.2) is 14.8 Å². The van der Waals surface area contributed by atoms with E-state index in [-0.39, 0.29) is 6.03 Å². The van der Waals surface area contributed by atoms with Crippen LogP contribution in [-0.4, -0.2) is 34.0 Å². The summed E-state index contributed by atoms with van der Waals surface area (Å²) in [6.45, 7) is 3.01. The number of benzene rings is 5. The molecule has 1 N–H and O–H groups in total. The zero-order valence-electron chi connectivity index (χ0n) is 23.7. The van der Waals surface area contributed by atoms with Crippen molar-refractivity contribution in [1.82, 2.24) is 20.2 Å². The Morgan fingerprint density at radius 3 is 2.00 bits per heavy atom. The number of anilines is 1. The Balaban J connectivity index is 1.02. The highest BCUT2D eigenvalue weighted by Crippen LogP contribution is 2.36. The van der Waals surface area contributed by atoms with E-state index in [1.54, 1.807) is 0 Å². The molecule has 3 heterocycles. The van der Waals surface area contributed by atoms with Crippen molar-refractivity contribution in [2.45, 2.75) is 25.3 Å². The van der Waals surface area contributed by atoms with Crippen molar-refractivity contribution in [3.05, 3.63) is 120 Å². The quantitative estimate of drug-likeness (QED) is 0.215. The fourth-order valence-corrected chi connectivity index (χ4v) is 6.44. The van der Waals surface area contributed by atoms with Crippen LogP contribution < -0.4 is 10.6 Å². The molecule has 0 saturated carbocycles. The molecule has 8 rings (SSSR count). The largest absolute Gasteiger partial charge is 0.346 e. The second kappa shape index (κ2) is 10.6. The van der Waals surface area contributed by atoms with Crippen LogP contribution in [0.2, 0.25) is 0 Å². The molecule has 0 aliphatic carbocycles. The first-order valence-electron chi connectivity index (χ1n) is 14.9. The van der Waals surface area contributed by atoms with Crippen LogP contribution in [0.25, 0.3) is 44.3 Å². The van der Waals surface area contributed by atoms with E-state index in [2.05, 4.69) is 113 Å². The van der Waals surface area contributed by atoms with E-state index in [1.165, 1.54) is 21.9 Å². The monoisotopic (exact) mass is 560 g/mol. The van der Waals surface area contributed by atoms with E-state index < -0.39 is 0 Å². The Morgan fingerprint density at radius 1 is 0.698 bits per heavy atom. The number of amides is 2. The second-order valence-corrected chi connectivity index (χ2v) is 11.5. The Morgan fingerprint density at radius 2 is 1.33 bits per heavy atom. The molecule has 0 bridgehead atoms. The lowest BCUT2D eigenvalue weighted by Gasteiger charge is -2.32. The number of carbonyl (C=O) groups is 1. The average molecular weight is 561 g/mol. The SMILES string of the molecule is O=C1[N]c2cc(C3CCN(Cc4ccc(-c5nc6cc7ccccc7cc6nc5-c5ccccc5)cc4)CC3)ccc2N1. The van der Waals surface area contributed by atoms with Gasteiger partial charge < -0.3 is 5.32 Å². The van der Waals surface area contributed by atoms with Crippen molar-refractivity contribution in [3.63, 3.8) is 0 Å². The zero-order valence-corrected chi connectivity index (χ0v) is 23.7. The molecule has 1 saturated heterocycles. The topological polar surface area (TPSA) is 72.2 Å². The highest BCUT2D eigenvalue weighted by atomic mass is 16.2. The van der Waals surface area contributed by atoms with Crippen molar-refractivity contribution >= 4 is 39.2 Å². The van der Waals surface area contributed by atoms with Crippen LogP contribution in [-0.2, 0) is 6.54 Å². The van der Waals surface area contributed by atoms with Crippen molar-refractivity contribution in [2.75, 3.05) is 18.4 Å². The summed E-state index contributed by atoms with van der Waals surface area (Å²) < 4.78 is 0. The van der Waals surface area contributed by atoms with Crippen molar-refractivity contribution in [2.24, 2.45) is 0 Å². The molecule has 0 atom stereocenters. The van der Waals surface area contributed by atoms with Crippen LogP contribution in [0.15, 0.2) is 109 Å². The van der Waals surface area contributed by atoms with Crippen LogP contribution in [0.3, 0.4) is 0 Å². The summed E-state index contributed by atoms with van der Waals surface area (Å²) in [5.74, 6) is 0.495. The van der Waals surface area contributed by atoms with Crippen molar-refractivity contribution < 1.29 is 4.79 Å². The van der Waals surface area contributed by atoms with Gasteiger partial charge in [0.1, 0.15) is 0 Å². The smallest absolute Gasteiger partial charge is 0.304 e. The third kappa shape index (κ3) is 5.00. The van der Waals surface area contributed by atoms with Gasteiger partial charge in [-0.05, 0) is 78.0 Å². The maximum absolute atomic E-state index is 11.6. The Bertz CT molecular complexity index is 1980. The summed E-state index contributed by atoms with van der Waals surface area (Å²) in [5, 5.41) is 9.20. The number of aromatic nitrogens is 2. The van der Waals surface area contributed by atoms with E-state index >= 15 is 0 Å². The number of nitrogens with one attached hydrogen (secondary N) is 1. The number of hydrogen-bond acceptors (Lipinski definition) is 4. The molecule has 1 fully saturated rings. The maximum atomic E-state index is 11.6. The van der Waals surface area contributed by atoms with Gasteiger partial charge in [0.15, 0.2) is 0 Å². The van der Waals surface area contributed by atoms with Crippen LogP contribution in [0.4, 0.5) is 16.2 Å². The molecule has 2 aliphatic rings. The van der Waals surface area contributed by atoms with Gasteiger partial charge in [0.25, 0.3) is 0 Å². The summed E-state index contributed by atoms with van der Waals surface area (Å²) in [4.78, 5) is 24.4. The summed E-state index contributed by atoms with van der Waals surface area (Å²) in [5.41, 5.74) is 9.90. The normalized spacial score (nSPS) is 15.4. The van der Waals surface area contributed by atoms with Gasteiger partial charge in [-0.3, -0.25) is 4.90 Å². The number of rotatable bonds is 5. The molecule has 0 unspecified atom stereocenters. The third-order valence-corrected chi connectivity index (χ3v) is 8.76. The lowest BCUT2D eigenvalue weighted by Crippen LogP contribution is -2.32. The molecular weight excluding hydrogens is 530 g/mol. The van der Waals surface area contributed by atoms with E-state index in [4.69, 9.17) is 9.97 Å². The molecule has 1 radical (unpaired) electrons. The Hall–Kier alpha value is -5.07. The van der Waals surface area contributed by atoms with Gasteiger partial charge in [-0.2, -0.15) is 5.32 Å². The van der Waals surface area contributed by atoms with E-state index in [0.717, 1.165) is 77.4 Å². The first kappa shape index (κ1) is 25.6. The standard InChI is InChI=1S/C37H30N5O/c43-37-40-31-15-14-30(22-32(31)41-37)25-16-18-42(19-17-25)23-24-10-12-27(13-11-24)36-35(26-6-2-1-3-7-26)38-33-20-28-8-4-5-9-29(28)21-34(33)39-36/h1-15,20-22,25H,16-19,23H2,(H,40,43). The fraction of sp³-hybridized carbons (Fsp3) is 0.162. The Labute approximate surface area is 250 Å². The molecule has 6 heteroatoms. The minimum absolute atomic E-state index is 0.273. The summed E-state index contributed by atoms with van der Waals surface area (Å²) in [7, 11) is 0. The number of hydrogen-bond donors (Lipinski definition) is 1. The molecule has 2 aliphatic heterocycles. The molecule has 209 valence electrons. The van der Waals surface area contributed by atoms with Crippen LogP contribution in [0, 0.1) is 0 Å². The first-order chi connectivity index (χ1) is 21.2. The number of carbonyl (C=O) groups excluding carboxylic acids is 1. The second-order valence-electron chi connectivity index (χ2n) is 11.5. The van der Waals surface area contributed by atoms with Crippen LogP contribution in [0.1, 0.15) is 29.9 Å². The molecule has 5 aromatic carbocycles. The molecular formula is C37H30N5O. The van der Waals surface area contributed by atoms with Crippen molar-refractivity contribution in [3.8, 4) is 22.5 Å². The van der Waals surface area contributed by atoms with E-state index in [0.29, 0.717) is 5.92 Å². The minimum Gasteiger partial charge on any atom is -0.304 e. The van der Waals surface area contributed by atoms with Gasteiger partial charge in [0.2, 0.25) is 0 Å². The summed E-state index contributed by atoms with van der Waals surface area (Å²) in [6, 6.07) is 37.8. The van der Waals surface area contributed by atoms with E-state index in [9.17, 15) is 4.79 Å². The van der Waals surface area contributed by atoms with Gasteiger partial charge in [0, 0.05) is 17.7 Å². The molecule has 6 aromatic rings. The molecule has 1 aromatic heterocycles. The molecule has 6 nitrogen and oxygen atoms in total. The lowest BCUT2D eigenvalue weighted by molar-refractivity contribution is 0.204. The number of urea groups is 1. The maximum Gasteiger partial charge on any atom is 0.346 e. The average Bonchev–Trinajstić information content (AvgIpc) is 3.43. The fourth-order valence-electron chi connectivity index (χ4n) is 6.44. The highest BCUT2D eigenvalue weighted by Gasteiger charge is 2.24. The van der Waals surface area contributed by atoms with Crippen molar-refractivity contribution in [1.29, 1.82) is 0 Å². The third-order valence-electron chi connectivity index (χ3n) is 8.76. The summed E-state index contributed by atoms with van der Waals surface area (Å²) >= 11 is 0. The zero-order chi connectivity index (χ0) is 28.8. The number of likely N-dealkylation sites (tertiary alicyclic amines) is 1. The highest BCUT2D eigenvalue weighted by molar-refractivity contribution is 6.02. The van der Waals surface area contributed by atoms with Gasteiger partial charge in [0.05, 0.1) is 33.8 Å². The van der Waals surface area contributed by atoms with Gasteiger partial charge >= 0.3 is 6.03 Å². The first-order valence-corrected chi connectivity index (χ1v) is 14.9. The molecule has 43 heavy (non-hydrogen) atoms. The van der Waals surface area contributed by atoms with Crippen LogP contribution >= 0.6 is 0 Å².